The quantitative estimate of drug-likeness (QED) is 0.285. The maximum Gasteiger partial charge on any atom is 0.270 e. The first kappa shape index (κ1) is 25.5. The van der Waals surface area contributed by atoms with Crippen LogP contribution in [0.2, 0.25) is 0 Å². The minimum absolute atomic E-state index is 0.00506. The van der Waals surface area contributed by atoms with Crippen molar-refractivity contribution in [3.05, 3.63) is 120 Å². The van der Waals surface area contributed by atoms with Gasteiger partial charge in [-0.25, -0.2) is 4.98 Å². The maximum absolute atomic E-state index is 13.9. The predicted octanol–water partition coefficient (Wildman–Crippen LogP) is 4.10. The molecule has 2 amide bonds. The van der Waals surface area contributed by atoms with Gasteiger partial charge in [0.05, 0.1) is 18.2 Å². The van der Waals surface area contributed by atoms with E-state index in [9.17, 15) is 14.7 Å². The fourth-order valence-electron chi connectivity index (χ4n) is 4.67. The summed E-state index contributed by atoms with van der Waals surface area (Å²) in [5.74, 6) is -1.36. The highest BCUT2D eigenvalue weighted by atomic mass is 16.3. The van der Waals surface area contributed by atoms with Crippen LogP contribution in [-0.4, -0.2) is 42.3 Å². The standard InChI is InChI=1S/C30H28N6O3/c1-35-19-31-18-25(35)23-14-13-22(17-26(23)37)33-30(39)28(34-29(38)24-15-16-32-36(24)2)27(20-9-5-3-6-10-20)21-11-7-4-8-12-21/h3-19,27-28,37H,1-2H3,(H,33,39)(H,34,38). The largest absolute Gasteiger partial charge is 0.507 e. The SMILES string of the molecule is Cn1cncc1-c1ccc(NC(=O)C(NC(=O)c2ccnn2C)C(c2ccccc2)c2ccccc2)cc1O. The average Bonchev–Trinajstić information content (AvgIpc) is 3.57. The molecular formula is C30H28N6O3. The Kier molecular flexibility index (Phi) is 7.22. The molecule has 0 saturated carbocycles. The predicted molar refractivity (Wildman–Crippen MR) is 148 cm³/mol. The Morgan fingerprint density at radius 1 is 0.897 bits per heavy atom. The molecule has 9 nitrogen and oxygen atoms in total. The number of carbonyl (C=O) groups is 2. The van der Waals surface area contributed by atoms with Crippen LogP contribution < -0.4 is 10.6 Å². The number of nitrogens with one attached hydrogen (secondary N) is 2. The zero-order valence-electron chi connectivity index (χ0n) is 21.5. The van der Waals surface area contributed by atoms with Gasteiger partial charge in [-0.2, -0.15) is 5.10 Å². The van der Waals surface area contributed by atoms with Crippen molar-refractivity contribution in [3.8, 4) is 17.0 Å². The molecule has 5 aromatic rings. The number of nitrogens with zero attached hydrogens (tertiary/aromatic N) is 4. The van der Waals surface area contributed by atoms with Gasteiger partial charge in [0, 0.05) is 43.5 Å². The molecule has 0 fully saturated rings. The zero-order chi connectivity index (χ0) is 27.4. The van der Waals surface area contributed by atoms with Gasteiger partial charge in [-0.3, -0.25) is 14.3 Å². The first-order chi connectivity index (χ1) is 18.9. The van der Waals surface area contributed by atoms with Crippen LogP contribution in [0.3, 0.4) is 0 Å². The third-order valence-corrected chi connectivity index (χ3v) is 6.63. The molecular weight excluding hydrogens is 492 g/mol. The van der Waals surface area contributed by atoms with Gasteiger partial charge in [0.2, 0.25) is 5.91 Å². The lowest BCUT2D eigenvalue weighted by Gasteiger charge is -2.28. The second-order valence-electron chi connectivity index (χ2n) is 9.20. The molecule has 0 bridgehead atoms. The number of carbonyl (C=O) groups excluding carboxylic acids is 2. The molecule has 0 spiro atoms. The number of aromatic hydroxyl groups is 1. The number of rotatable bonds is 8. The minimum Gasteiger partial charge on any atom is -0.507 e. The fraction of sp³-hybridized carbons (Fsp3) is 0.133. The highest BCUT2D eigenvalue weighted by Gasteiger charge is 2.33. The molecule has 0 aliphatic carbocycles. The van der Waals surface area contributed by atoms with E-state index in [0.717, 1.165) is 16.8 Å². The lowest BCUT2D eigenvalue weighted by Crippen LogP contribution is -2.48. The molecule has 39 heavy (non-hydrogen) atoms. The highest BCUT2D eigenvalue weighted by Crippen LogP contribution is 2.33. The van der Waals surface area contributed by atoms with Gasteiger partial charge in [-0.15, -0.1) is 0 Å². The van der Waals surface area contributed by atoms with Crippen LogP contribution in [0.4, 0.5) is 5.69 Å². The summed E-state index contributed by atoms with van der Waals surface area (Å²) in [6, 6.07) is 24.7. The summed E-state index contributed by atoms with van der Waals surface area (Å²) in [7, 11) is 3.50. The first-order valence-corrected chi connectivity index (χ1v) is 12.4. The minimum atomic E-state index is -0.990. The summed E-state index contributed by atoms with van der Waals surface area (Å²) in [4.78, 5) is 31.3. The Labute approximate surface area is 225 Å². The zero-order valence-corrected chi connectivity index (χ0v) is 21.5. The number of aryl methyl sites for hydroxylation is 2. The molecule has 2 heterocycles. The summed E-state index contributed by atoms with van der Waals surface area (Å²) in [5, 5.41) is 20.7. The van der Waals surface area contributed by atoms with Gasteiger partial charge in [-0.05, 0) is 29.3 Å². The fourth-order valence-corrected chi connectivity index (χ4v) is 4.67. The Morgan fingerprint density at radius 3 is 2.10 bits per heavy atom. The van der Waals surface area contributed by atoms with Gasteiger partial charge in [0.1, 0.15) is 17.5 Å². The van der Waals surface area contributed by atoms with Crippen LogP contribution in [0.5, 0.6) is 5.75 Å². The molecule has 5 rings (SSSR count). The van der Waals surface area contributed by atoms with Crippen LogP contribution in [0.1, 0.15) is 27.5 Å². The van der Waals surface area contributed by atoms with E-state index >= 15 is 0 Å². The Morgan fingerprint density at radius 2 is 1.56 bits per heavy atom. The van der Waals surface area contributed by atoms with Crippen LogP contribution >= 0.6 is 0 Å². The van der Waals surface area contributed by atoms with E-state index < -0.39 is 23.8 Å². The number of hydrogen-bond donors (Lipinski definition) is 3. The number of amides is 2. The van der Waals surface area contributed by atoms with Crippen molar-refractivity contribution < 1.29 is 14.7 Å². The van der Waals surface area contributed by atoms with Gasteiger partial charge in [0.25, 0.3) is 5.91 Å². The molecule has 1 unspecified atom stereocenters. The monoisotopic (exact) mass is 520 g/mol. The first-order valence-electron chi connectivity index (χ1n) is 12.4. The van der Waals surface area contributed by atoms with Crippen molar-refractivity contribution in [2.45, 2.75) is 12.0 Å². The second-order valence-corrected chi connectivity index (χ2v) is 9.20. The average molecular weight is 521 g/mol. The topological polar surface area (TPSA) is 114 Å². The van der Waals surface area contributed by atoms with Gasteiger partial charge in [0.15, 0.2) is 0 Å². The van der Waals surface area contributed by atoms with Crippen LogP contribution in [-0.2, 0) is 18.9 Å². The molecule has 1 atom stereocenters. The van der Waals surface area contributed by atoms with Crippen LogP contribution in [0, 0.1) is 0 Å². The van der Waals surface area contributed by atoms with E-state index in [-0.39, 0.29) is 5.75 Å². The number of imidazole rings is 1. The molecule has 0 aliphatic rings. The van der Waals surface area contributed by atoms with E-state index in [1.54, 1.807) is 42.3 Å². The molecule has 0 radical (unpaired) electrons. The van der Waals surface area contributed by atoms with Gasteiger partial charge < -0.3 is 20.3 Å². The van der Waals surface area contributed by atoms with Gasteiger partial charge >= 0.3 is 0 Å². The summed E-state index contributed by atoms with van der Waals surface area (Å²) < 4.78 is 3.25. The van der Waals surface area contributed by atoms with E-state index in [4.69, 9.17) is 0 Å². The van der Waals surface area contributed by atoms with E-state index in [1.165, 1.54) is 16.9 Å². The summed E-state index contributed by atoms with van der Waals surface area (Å²) in [5.41, 5.74) is 3.77. The number of phenolic OH excluding ortho intramolecular Hbond substituents is 1. The maximum atomic E-state index is 13.9. The highest BCUT2D eigenvalue weighted by molar-refractivity contribution is 6.01. The molecule has 0 saturated heterocycles. The molecule has 196 valence electrons. The Bertz CT molecular complexity index is 1550. The van der Waals surface area contributed by atoms with Crippen molar-refractivity contribution in [3.63, 3.8) is 0 Å². The molecule has 2 aromatic heterocycles. The number of aromatic nitrogens is 4. The Hall–Kier alpha value is -5.18. The van der Waals surface area contributed by atoms with Crippen molar-refractivity contribution in [1.29, 1.82) is 0 Å². The number of benzene rings is 3. The smallest absolute Gasteiger partial charge is 0.270 e. The van der Waals surface area contributed by atoms with Crippen LogP contribution in [0.25, 0.3) is 11.3 Å². The lowest BCUT2D eigenvalue weighted by molar-refractivity contribution is -0.118. The van der Waals surface area contributed by atoms with Crippen molar-refractivity contribution in [2.75, 3.05) is 5.32 Å². The molecule has 9 heteroatoms. The van der Waals surface area contributed by atoms with Crippen molar-refractivity contribution in [2.24, 2.45) is 14.1 Å². The van der Waals surface area contributed by atoms with Crippen LogP contribution in [0.15, 0.2) is 104 Å². The molecule has 0 aliphatic heterocycles. The second kappa shape index (κ2) is 11.1. The van der Waals surface area contributed by atoms with Crippen molar-refractivity contribution >= 4 is 17.5 Å². The summed E-state index contributed by atoms with van der Waals surface area (Å²) >= 11 is 0. The number of hydrogen-bond acceptors (Lipinski definition) is 5. The number of anilines is 1. The Balaban J connectivity index is 1.51. The normalized spacial score (nSPS) is 11.8. The third kappa shape index (κ3) is 5.42. The van der Waals surface area contributed by atoms with E-state index in [1.807, 2.05) is 67.7 Å². The van der Waals surface area contributed by atoms with Crippen molar-refractivity contribution in [1.82, 2.24) is 24.6 Å². The summed E-state index contributed by atoms with van der Waals surface area (Å²) in [6.45, 7) is 0. The molecule has 3 aromatic carbocycles. The number of phenols is 1. The summed E-state index contributed by atoms with van der Waals surface area (Å²) in [6.07, 6.45) is 4.83. The lowest BCUT2D eigenvalue weighted by atomic mass is 9.84. The van der Waals surface area contributed by atoms with E-state index in [2.05, 4.69) is 20.7 Å². The third-order valence-electron chi connectivity index (χ3n) is 6.63. The molecule has 3 N–H and O–H groups in total. The van der Waals surface area contributed by atoms with E-state index in [0.29, 0.717) is 16.9 Å². The van der Waals surface area contributed by atoms with Gasteiger partial charge in [-0.1, -0.05) is 60.7 Å².